The van der Waals surface area contributed by atoms with E-state index in [1.54, 1.807) is 6.07 Å². The van der Waals surface area contributed by atoms with Gasteiger partial charge in [0, 0.05) is 11.3 Å². The average molecular weight is 308 g/mol. The molecule has 1 heteroatoms. The predicted octanol–water partition coefficient (Wildman–Crippen LogP) is 3.77. The summed E-state index contributed by atoms with van der Waals surface area (Å²) in [5.74, 6) is 0.608. The summed E-state index contributed by atoms with van der Waals surface area (Å²) in [6, 6.07) is 20.6. The molecule has 0 fully saturated rings. The predicted molar refractivity (Wildman–Crippen MR) is 99.1 cm³/mol. The Balaban J connectivity index is 1.88. The van der Waals surface area contributed by atoms with E-state index in [9.17, 15) is 5.11 Å². The molecule has 2 aliphatic carbocycles. The van der Waals surface area contributed by atoms with E-state index in [4.69, 9.17) is 0 Å². The molecule has 0 bridgehead atoms. The third-order valence-corrected chi connectivity index (χ3v) is 5.01. The zero-order valence-electron chi connectivity index (χ0n) is 13.1. The number of rotatable bonds is 1. The van der Waals surface area contributed by atoms with E-state index < -0.39 is 0 Å². The zero-order chi connectivity index (χ0) is 16.1. The first-order valence-corrected chi connectivity index (χ1v) is 8.23. The Kier molecular flexibility index (Phi) is 2.77. The number of hydrogen-bond donors (Lipinski definition) is 1. The Labute approximate surface area is 140 Å². The van der Waals surface area contributed by atoms with Crippen LogP contribution in [-0.4, -0.2) is 5.11 Å². The maximum atomic E-state index is 10.4. The average Bonchev–Trinajstić information content (AvgIpc) is 3.01. The molecule has 0 aliphatic heterocycles. The minimum atomic E-state index is 0.256. The van der Waals surface area contributed by atoms with Crippen molar-refractivity contribution in [2.24, 2.45) is 0 Å². The van der Waals surface area contributed by atoms with Crippen LogP contribution >= 0.6 is 0 Å². The fourth-order valence-electron chi connectivity index (χ4n) is 3.95. The van der Waals surface area contributed by atoms with Crippen molar-refractivity contribution in [1.82, 2.24) is 0 Å². The van der Waals surface area contributed by atoms with Crippen LogP contribution in [0.25, 0.3) is 22.4 Å². The Morgan fingerprint density at radius 3 is 2.58 bits per heavy atom. The number of hydrogen-bond acceptors (Lipinski definition) is 1. The van der Waals surface area contributed by atoms with Gasteiger partial charge in [0.05, 0.1) is 0 Å². The molecule has 0 radical (unpaired) electrons. The number of phenolic OH excluding ortho intramolecular Hbond substituents is 1. The fourth-order valence-corrected chi connectivity index (χ4v) is 3.95. The molecule has 0 aromatic heterocycles. The molecule has 0 spiro atoms. The number of phenols is 1. The summed E-state index contributed by atoms with van der Waals surface area (Å²) >= 11 is 0. The molecule has 1 nitrogen and oxygen atoms in total. The first kappa shape index (κ1) is 13.4. The van der Waals surface area contributed by atoms with Crippen molar-refractivity contribution < 1.29 is 5.11 Å². The summed E-state index contributed by atoms with van der Waals surface area (Å²) in [5, 5.41) is 14.8. The molecule has 1 atom stereocenters. The van der Waals surface area contributed by atoms with Gasteiger partial charge in [0.25, 0.3) is 0 Å². The smallest absolute Gasteiger partial charge is 0.124 e. The highest BCUT2D eigenvalue weighted by Gasteiger charge is 2.23. The van der Waals surface area contributed by atoms with Crippen molar-refractivity contribution in [3.05, 3.63) is 100 Å². The maximum Gasteiger partial charge on any atom is 0.124 e. The highest BCUT2D eigenvalue weighted by Crippen LogP contribution is 2.36. The molecule has 24 heavy (non-hydrogen) atoms. The van der Waals surface area contributed by atoms with Crippen molar-refractivity contribution in [2.75, 3.05) is 0 Å². The standard InChI is InChI=1S/C23H16O/c24-21-11-5-8-16-12-13-19-20(23(16)21)14-17-9-4-10-18(22(17)19)15-6-2-1-3-7-15/h1-14,18,24H. The van der Waals surface area contributed by atoms with Crippen LogP contribution in [0.1, 0.15) is 11.5 Å². The van der Waals surface area contributed by atoms with Crippen LogP contribution in [0.4, 0.5) is 0 Å². The molecule has 3 aromatic rings. The van der Waals surface area contributed by atoms with Crippen LogP contribution in [0.2, 0.25) is 0 Å². The van der Waals surface area contributed by atoms with Crippen molar-refractivity contribution in [3.63, 3.8) is 0 Å². The van der Waals surface area contributed by atoms with Crippen LogP contribution in [-0.2, 0) is 0 Å². The molecule has 1 N–H and O–H groups in total. The topological polar surface area (TPSA) is 20.2 Å². The van der Waals surface area contributed by atoms with Gasteiger partial charge in [-0.2, -0.15) is 0 Å². The largest absolute Gasteiger partial charge is 0.507 e. The van der Waals surface area contributed by atoms with E-state index in [0.717, 1.165) is 16.0 Å². The maximum absolute atomic E-state index is 10.4. The lowest BCUT2D eigenvalue weighted by atomic mass is 9.84. The SMILES string of the molecule is Oc1cccc2ccc3c(c12)=CC1=CC=CC(c2ccccc2)C=31. The van der Waals surface area contributed by atoms with Gasteiger partial charge in [0.1, 0.15) is 5.75 Å². The van der Waals surface area contributed by atoms with E-state index in [1.807, 2.05) is 6.07 Å². The van der Waals surface area contributed by atoms with Gasteiger partial charge < -0.3 is 5.11 Å². The second-order valence-corrected chi connectivity index (χ2v) is 6.36. The van der Waals surface area contributed by atoms with Crippen molar-refractivity contribution in [3.8, 4) is 5.75 Å². The molecule has 3 aromatic carbocycles. The summed E-state index contributed by atoms with van der Waals surface area (Å²) in [6.07, 6.45) is 8.78. The van der Waals surface area contributed by atoms with E-state index in [1.165, 1.54) is 21.9 Å². The first-order valence-electron chi connectivity index (χ1n) is 8.23. The van der Waals surface area contributed by atoms with Crippen LogP contribution in [0, 0.1) is 0 Å². The first-order chi connectivity index (χ1) is 11.8. The van der Waals surface area contributed by atoms with Gasteiger partial charge in [-0.3, -0.25) is 0 Å². The normalized spacial score (nSPS) is 18.1. The van der Waals surface area contributed by atoms with Gasteiger partial charge in [-0.25, -0.2) is 0 Å². The summed E-state index contributed by atoms with van der Waals surface area (Å²) in [5.41, 5.74) is 3.88. The second kappa shape index (κ2) is 4.97. The van der Waals surface area contributed by atoms with Crippen molar-refractivity contribution in [2.45, 2.75) is 5.92 Å². The highest BCUT2D eigenvalue weighted by atomic mass is 16.3. The lowest BCUT2D eigenvalue weighted by molar-refractivity contribution is 0.481. The number of aromatic hydroxyl groups is 1. The van der Waals surface area contributed by atoms with Gasteiger partial charge >= 0.3 is 0 Å². The van der Waals surface area contributed by atoms with Crippen molar-refractivity contribution in [1.29, 1.82) is 0 Å². The lowest BCUT2D eigenvalue weighted by Gasteiger charge is -2.20. The highest BCUT2D eigenvalue weighted by molar-refractivity contribution is 5.96. The van der Waals surface area contributed by atoms with Crippen LogP contribution in [0.3, 0.4) is 0 Å². The third-order valence-electron chi connectivity index (χ3n) is 5.01. The fraction of sp³-hybridized carbons (Fsp3) is 0.0435. The summed E-state index contributed by atoms with van der Waals surface area (Å²) < 4.78 is 0. The third kappa shape index (κ3) is 1.82. The number of allylic oxidation sites excluding steroid dienone is 4. The molecular formula is C23H16O. The van der Waals surface area contributed by atoms with E-state index in [-0.39, 0.29) is 5.92 Å². The zero-order valence-corrected chi connectivity index (χ0v) is 13.1. The molecule has 2 aliphatic rings. The van der Waals surface area contributed by atoms with E-state index >= 15 is 0 Å². The van der Waals surface area contributed by atoms with Gasteiger partial charge in [0.2, 0.25) is 0 Å². The quantitative estimate of drug-likeness (QED) is 0.725. The number of benzene rings is 3. The Hall–Kier alpha value is -3.06. The molecular weight excluding hydrogens is 292 g/mol. The Bertz CT molecular complexity index is 1150. The van der Waals surface area contributed by atoms with Crippen LogP contribution in [0.5, 0.6) is 5.75 Å². The molecule has 0 heterocycles. The minimum Gasteiger partial charge on any atom is -0.507 e. The van der Waals surface area contributed by atoms with Gasteiger partial charge in [0.15, 0.2) is 0 Å². The molecule has 114 valence electrons. The van der Waals surface area contributed by atoms with E-state index in [0.29, 0.717) is 5.75 Å². The molecule has 1 unspecified atom stereocenters. The van der Waals surface area contributed by atoms with Crippen LogP contribution in [0.15, 0.2) is 84.5 Å². The number of fused-ring (bicyclic) bond motifs is 4. The monoisotopic (exact) mass is 308 g/mol. The molecule has 0 saturated carbocycles. The minimum absolute atomic E-state index is 0.256. The Morgan fingerprint density at radius 2 is 1.71 bits per heavy atom. The lowest BCUT2D eigenvalue weighted by Crippen LogP contribution is -2.25. The van der Waals surface area contributed by atoms with Crippen molar-refractivity contribution >= 4 is 22.4 Å². The summed E-state index contributed by atoms with van der Waals surface area (Å²) in [4.78, 5) is 0. The molecule has 5 rings (SSSR count). The van der Waals surface area contributed by atoms with Gasteiger partial charge in [-0.05, 0) is 44.7 Å². The van der Waals surface area contributed by atoms with Gasteiger partial charge in [-0.15, -0.1) is 0 Å². The van der Waals surface area contributed by atoms with E-state index in [2.05, 4.69) is 72.8 Å². The summed E-state index contributed by atoms with van der Waals surface area (Å²) in [7, 11) is 0. The summed E-state index contributed by atoms with van der Waals surface area (Å²) in [6.45, 7) is 0. The molecule has 0 amide bonds. The molecule has 0 saturated heterocycles. The van der Waals surface area contributed by atoms with Crippen LogP contribution < -0.4 is 10.4 Å². The second-order valence-electron chi connectivity index (χ2n) is 6.36. The van der Waals surface area contributed by atoms with Gasteiger partial charge in [-0.1, -0.05) is 72.8 Å². The Morgan fingerprint density at radius 1 is 0.833 bits per heavy atom.